The van der Waals surface area contributed by atoms with Gasteiger partial charge in [0.25, 0.3) is 0 Å². The molecule has 0 spiro atoms. The van der Waals surface area contributed by atoms with E-state index in [4.69, 9.17) is 5.10 Å². The molecule has 0 aliphatic carbocycles. The molecular weight excluding hydrogens is 459 g/mol. The van der Waals surface area contributed by atoms with Crippen molar-refractivity contribution in [2.24, 2.45) is 0 Å². The Kier molecular flexibility index (Phi) is 6.46. The number of halogens is 1. The summed E-state index contributed by atoms with van der Waals surface area (Å²) in [6.07, 6.45) is 2.01. The molecule has 8 nitrogen and oxygen atoms in total. The van der Waals surface area contributed by atoms with E-state index in [9.17, 15) is 14.3 Å². The van der Waals surface area contributed by atoms with Gasteiger partial charge in [-0.1, -0.05) is 13.8 Å². The van der Waals surface area contributed by atoms with Crippen LogP contribution in [0.2, 0.25) is 0 Å². The number of piperidine rings is 1. The van der Waals surface area contributed by atoms with Gasteiger partial charge in [0, 0.05) is 44.8 Å². The lowest BCUT2D eigenvalue weighted by Gasteiger charge is -2.50. The molecular formula is C27H35FN6O2. The third-order valence-corrected chi connectivity index (χ3v) is 7.93. The number of aromatic carboxylic acids is 1. The molecule has 2 fully saturated rings. The molecule has 0 saturated carbocycles. The fourth-order valence-corrected chi connectivity index (χ4v) is 5.54. The summed E-state index contributed by atoms with van der Waals surface area (Å²) in [6, 6.07) is 7.74. The first kappa shape index (κ1) is 24.6. The molecule has 0 radical (unpaired) electrons. The third-order valence-electron chi connectivity index (χ3n) is 7.93. The molecule has 0 atom stereocenters. The Hall–Kier alpha value is -3.04. The third kappa shape index (κ3) is 4.46. The normalized spacial score (nSPS) is 19.3. The van der Waals surface area contributed by atoms with E-state index in [1.165, 1.54) is 12.1 Å². The van der Waals surface area contributed by atoms with Crippen LogP contribution in [0.1, 0.15) is 55.7 Å². The average Bonchev–Trinajstić information content (AvgIpc) is 3.25. The first-order chi connectivity index (χ1) is 17.2. The number of nitrogens with zero attached hydrogens (tertiary/aromatic N) is 6. The van der Waals surface area contributed by atoms with E-state index in [2.05, 4.69) is 47.5 Å². The highest BCUT2D eigenvalue weighted by Crippen LogP contribution is 2.38. The number of pyridine rings is 1. The molecule has 0 unspecified atom stereocenters. The zero-order valence-electron chi connectivity index (χ0n) is 21.5. The number of hydrogen-bond donors (Lipinski definition) is 1. The summed E-state index contributed by atoms with van der Waals surface area (Å²) in [5, 5.41) is 15.6. The minimum absolute atomic E-state index is 0.0107. The molecule has 4 heterocycles. The van der Waals surface area contributed by atoms with Gasteiger partial charge in [0.05, 0.1) is 22.5 Å². The monoisotopic (exact) mass is 494 g/mol. The van der Waals surface area contributed by atoms with Crippen molar-refractivity contribution in [3.8, 4) is 5.69 Å². The van der Waals surface area contributed by atoms with Crippen molar-refractivity contribution in [3.63, 3.8) is 0 Å². The Morgan fingerprint density at radius 3 is 2.28 bits per heavy atom. The van der Waals surface area contributed by atoms with Crippen LogP contribution in [0.4, 0.5) is 10.1 Å². The maximum absolute atomic E-state index is 13.6. The van der Waals surface area contributed by atoms with Crippen LogP contribution in [0, 0.1) is 5.82 Å². The van der Waals surface area contributed by atoms with Gasteiger partial charge in [-0.25, -0.2) is 18.9 Å². The summed E-state index contributed by atoms with van der Waals surface area (Å²) >= 11 is 0. The minimum atomic E-state index is -1.07. The lowest BCUT2D eigenvalue weighted by Crippen LogP contribution is -2.59. The molecule has 0 bridgehead atoms. The largest absolute Gasteiger partial charge is 0.477 e. The first-order valence-electron chi connectivity index (χ1n) is 12.8. The molecule has 1 N–H and O–H groups in total. The zero-order chi connectivity index (χ0) is 25.6. The number of carbonyl (C=O) groups is 1. The second-order valence-corrected chi connectivity index (χ2v) is 10.7. The van der Waals surface area contributed by atoms with E-state index in [1.807, 2.05) is 0 Å². The van der Waals surface area contributed by atoms with Gasteiger partial charge in [0.15, 0.2) is 11.3 Å². The Labute approximate surface area is 211 Å². The SMILES string of the molecule is CC(C)c1nn(-c2ccc(F)cc2)c2nc(C(=O)O)cc(N3CCC(C)(N4CCN(C)CC4)CC3)c12. The van der Waals surface area contributed by atoms with Gasteiger partial charge in [0.1, 0.15) is 5.82 Å². The standard InChI is InChI=1S/C27H35FN6O2/c1-18(2)24-23-22(32-11-9-27(3,10-12-32)33-15-13-31(4)14-16-33)17-21(26(35)36)29-25(23)34(30-24)20-7-5-19(28)6-8-20/h5-8,17-18H,9-16H2,1-4H3,(H,35,36). The summed E-state index contributed by atoms with van der Waals surface area (Å²) in [7, 11) is 2.18. The van der Waals surface area contributed by atoms with Gasteiger partial charge < -0.3 is 14.9 Å². The van der Waals surface area contributed by atoms with Crippen molar-refractivity contribution in [2.75, 3.05) is 51.2 Å². The fraction of sp³-hybridized carbons (Fsp3) is 0.519. The summed E-state index contributed by atoms with van der Waals surface area (Å²) in [4.78, 5) is 23.9. The molecule has 2 aromatic heterocycles. The number of aromatic nitrogens is 3. The summed E-state index contributed by atoms with van der Waals surface area (Å²) in [5.41, 5.74) is 3.00. The van der Waals surface area contributed by atoms with Crippen LogP contribution in [0.25, 0.3) is 16.7 Å². The first-order valence-corrected chi connectivity index (χ1v) is 12.8. The van der Waals surface area contributed by atoms with Gasteiger partial charge in [0.2, 0.25) is 0 Å². The zero-order valence-corrected chi connectivity index (χ0v) is 21.5. The molecule has 36 heavy (non-hydrogen) atoms. The van der Waals surface area contributed by atoms with E-state index in [0.29, 0.717) is 11.3 Å². The summed E-state index contributed by atoms with van der Waals surface area (Å²) in [6.45, 7) is 12.5. The van der Waals surface area contributed by atoms with E-state index < -0.39 is 5.97 Å². The van der Waals surface area contributed by atoms with Crippen molar-refractivity contribution < 1.29 is 14.3 Å². The molecule has 2 saturated heterocycles. The maximum Gasteiger partial charge on any atom is 0.354 e. The van der Waals surface area contributed by atoms with Crippen LogP contribution in [-0.4, -0.2) is 87.5 Å². The van der Waals surface area contributed by atoms with Crippen molar-refractivity contribution in [1.29, 1.82) is 0 Å². The van der Waals surface area contributed by atoms with Crippen molar-refractivity contribution in [2.45, 2.75) is 45.1 Å². The Morgan fingerprint density at radius 2 is 1.69 bits per heavy atom. The second kappa shape index (κ2) is 9.44. The molecule has 3 aromatic rings. The van der Waals surface area contributed by atoms with Crippen LogP contribution in [0.15, 0.2) is 30.3 Å². The predicted octanol–water partition coefficient (Wildman–Crippen LogP) is 3.99. The molecule has 2 aliphatic rings. The van der Waals surface area contributed by atoms with Gasteiger partial charge in [-0.15, -0.1) is 0 Å². The lowest BCUT2D eigenvalue weighted by atomic mass is 9.86. The second-order valence-electron chi connectivity index (χ2n) is 10.7. The number of carboxylic acids is 1. The van der Waals surface area contributed by atoms with Crippen molar-refractivity contribution in [1.82, 2.24) is 24.6 Å². The Morgan fingerprint density at radius 1 is 1.06 bits per heavy atom. The quantitative estimate of drug-likeness (QED) is 0.575. The number of benzene rings is 1. The van der Waals surface area contributed by atoms with Crippen LogP contribution in [0.5, 0.6) is 0 Å². The lowest BCUT2D eigenvalue weighted by molar-refractivity contribution is 0.0346. The molecule has 5 rings (SSSR count). The Bertz CT molecular complexity index is 1260. The van der Waals surface area contributed by atoms with Gasteiger partial charge in [-0.2, -0.15) is 5.10 Å². The van der Waals surface area contributed by atoms with E-state index in [1.54, 1.807) is 22.9 Å². The molecule has 9 heteroatoms. The predicted molar refractivity (Wildman–Crippen MR) is 139 cm³/mol. The van der Waals surface area contributed by atoms with Crippen molar-refractivity contribution in [3.05, 3.63) is 47.5 Å². The van der Waals surface area contributed by atoms with Gasteiger partial charge in [-0.3, -0.25) is 4.90 Å². The number of anilines is 1. The van der Waals surface area contributed by atoms with E-state index in [0.717, 1.165) is 68.9 Å². The number of piperazine rings is 1. The minimum Gasteiger partial charge on any atom is -0.477 e. The molecule has 0 amide bonds. The van der Waals surface area contributed by atoms with E-state index in [-0.39, 0.29) is 23.0 Å². The summed E-state index contributed by atoms with van der Waals surface area (Å²) < 4.78 is 15.3. The number of rotatable bonds is 5. The number of fused-ring (bicyclic) bond motifs is 1. The molecule has 1 aromatic carbocycles. The fourth-order valence-electron chi connectivity index (χ4n) is 5.54. The van der Waals surface area contributed by atoms with Crippen LogP contribution in [-0.2, 0) is 0 Å². The number of hydrogen-bond acceptors (Lipinski definition) is 6. The smallest absolute Gasteiger partial charge is 0.354 e. The maximum atomic E-state index is 13.6. The van der Waals surface area contributed by atoms with E-state index >= 15 is 0 Å². The highest BCUT2D eigenvalue weighted by molar-refractivity contribution is 5.98. The molecule has 192 valence electrons. The summed E-state index contributed by atoms with van der Waals surface area (Å²) in [5.74, 6) is -1.31. The van der Waals surface area contributed by atoms with Crippen LogP contribution in [0.3, 0.4) is 0 Å². The average molecular weight is 495 g/mol. The van der Waals surface area contributed by atoms with Crippen LogP contribution >= 0.6 is 0 Å². The van der Waals surface area contributed by atoms with Crippen LogP contribution < -0.4 is 4.90 Å². The highest BCUT2D eigenvalue weighted by atomic mass is 19.1. The van der Waals surface area contributed by atoms with Gasteiger partial charge >= 0.3 is 5.97 Å². The topological polar surface area (TPSA) is 77.7 Å². The number of likely N-dealkylation sites (N-methyl/N-ethyl adjacent to an activating group) is 1. The van der Waals surface area contributed by atoms with Gasteiger partial charge in [-0.05, 0) is 63.1 Å². The number of carboxylic acid groups (broad SMARTS) is 1. The molecule has 2 aliphatic heterocycles. The van der Waals surface area contributed by atoms with Crippen molar-refractivity contribution >= 4 is 22.7 Å². The highest BCUT2D eigenvalue weighted by Gasteiger charge is 2.37. The Balaban J connectivity index is 1.55.